The topological polar surface area (TPSA) is 66.5 Å². The van der Waals surface area contributed by atoms with Crippen molar-refractivity contribution in [1.29, 1.82) is 0 Å². The van der Waals surface area contributed by atoms with Crippen LogP contribution in [-0.2, 0) is 27.8 Å². The van der Waals surface area contributed by atoms with Gasteiger partial charge in [0.05, 0.1) is 4.90 Å². The van der Waals surface area contributed by atoms with Crippen molar-refractivity contribution in [3.8, 4) is 0 Å². The number of rotatable bonds is 5. The van der Waals surface area contributed by atoms with Crippen molar-refractivity contribution in [2.24, 2.45) is 0 Å². The van der Waals surface area contributed by atoms with E-state index in [1.54, 1.807) is 30.3 Å². The highest BCUT2D eigenvalue weighted by molar-refractivity contribution is 7.89. The molecule has 1 fully saturated rings. The minimum absolute atomic E-state index is 0.0132. The Kier molecular flexibility index (Phi) is 4.28. The van der Waals surface area contributed by atoms with E-state index in [1.165, 1.54) is 16.4 Å². The van der Waals surface area contributed by atoms with Gasteiger partial charge in [-0.15, -0.1) is 0 Å². The first-order valence-corrected chi connectivity index (χ1v) is 10.1. The summed E-state index contributed by atoms with van der Waals surface area (Å²) in [5.74, 6) is -0.393. The fourth-order valence-electron chi connectivity index (χ4n) is 3.20. The molecule has 136 valence electrons. The van der Waals surface area contributed by atoms with E-state index in [0.717, 1.165) is 24.0 Å². The van der Waals surface area contributed by atoms with Gasteiger partial charge in [-0.05, 0) is 60.7 Å². The Morgan fingerprint density at radius 3 is 2.50 bits per heavy atom. The van der Waals surface area contributed by atoms with Crippen LogP contribution in [0, 0.1) is 5.82 Å². The molecule has 0 atom stereocenters. The second-order valence-electron chi connectivity index (χ2n) is 6.78. The molecule has 1 amide bonds. The van der Waals surface area contributed by atoms with Crippen molar-refractivity contribution in [1.82, 2.24) is 4.31 Å². The molecule has 1 N–H and O–H groups in total. The van der Waals surface area contributed by atoms with Crippen LogP contribution < -0.4 is 5.32 Å². The van der Waals surface area contributed by atoms with Gasteiger partial charge < -0.3 is 5.32 Å². The van der Waals surface area contributed by atoms with Crippen LogP contribution in [0.15, 0.2) is 47.4 Å². The molecule has 5 nitrogen and oxygen atoms in total. The van der Waals surface area contributed by atoms with Gasteiger partial charge in [0.1, 0.15) is 5.82 Å². The predicted molar refractivity (Wildman–Crippen MR) is 95.5 cm³/mol. The summed E-state index contributed by atoms with van der Waals surface area (Å²) in [6.07, 6.45) is 2.56. The largest absolute Gasteiger partial charge is 0.326 e. The number of carbonyl (C=O) groups is 1. The van der Waals surface area contributed by atoms with Crippen LogP contribution in [0.3, 0.4) is 0 Å². The zero-order chi connectivity index (χ0) is 18.3. The number of anilines is 1. The van der Waals surface area contributed by atoms with Crippen LogP contribution in [0.4, 0.5) is 10.1 Å². The van der Waals surface area contributed by atoms with Gasteiger partial charge >= 0.3 is 0 Å². The summed E-state index contributed by atoms with van der Waals surface area (Å²) >= 11 is 0. The van der Waals surface area contributed by atoms with Crippen molar-refractivity contribution in [3.63, 3.8) is 0 Å². The fourth-order valence-corrected chi connectivity index (χ4v) is 4.92. The smallest absolute Gasteiger partial charge is 0.243 e. The highest BCUT2D eigenvalue weighted by atomic mass is 32.2. The molecule has 7 heteroatoms. The lowest BCUT2D eigenvalue weighted by Crippen LogP contribution is -2.33. The first kappa shape index (κ1) is 17.2. The van der Waals surface area contributed by atoms with Crippen LogP contribution >= 0.6 is 0 Å². The standard InChI is InChI=1S/C19H19FN2O3S/c20-15-4-1-13(2-5-15)12-22(16-6-7-16)26(24,25)17-8-9-18-14(11-17)3-10-19(23)21-18/h1-2,4-5,8-9,11,16H,3,6-7,10,12H2,(H,21,23). The first-order valence-electron chi connectivity index (χ1n) is 8.62. The maximum atomic E-state index is 13.2. The highest BCUT2D eigenvalue weighted by Crippen LogP contribution is 2.35. The van der Waals surface area contributed by atoms with Crippen LogP contribution in [-0.4, -0.2) is 24.7 Å². The minimum Gasteiger partial charge on any atom is -0.326 e. The number of sulfonamides is 1. The number of benzene rings is 2. The third-order valence-corrected chi connectivity index (χ3v) is 6.68. The van der Waals surface area contributed by atoms with Crippen LogP contribution in [0.2, 0.25) is 0 Å². The summed E-state index contributed by atoms with van der Waals surface area (Å²) in [6.45, 7) is 0.223. The first-order chi connectivity index (χ1) is 12.4. The van der Waals surface area contributed by atoms with E-state index in [-0.39, 0.29) is 29.2 Å². The molecule has 1 aliphatic carbocycles. The Morgan fingerprint density at radius 1 is 1.08 bits per heavy atom. The van der Waals surface area contributed by atoms with Crippen molar-refractivity contribution >= 4 is 21.6 Å². The summed E-state index contributed by atoms with van der Waals surface area (Å²) in [7, 11) is -3.67. The number of carbonyl (C=O) groups excluding carboxylic acids is 1. The molecule has 0 bridgehead atoms. The number of hydrogen-bond donors (Lipinski definition) is 1. The van der Waals surface area contributed by atoms with Crippen molar-refractivity contribution in [3.05, 3.63) is 59.4 Å². The van der Waals surface area contributed by atoms with Gasteiger partial charge in [-0.3, -0.25) is 4.79 Å². The number of nitrogens with one attached hydrogen (secondary N) is 1. The molecule has 4 rings (SSSR count). The van der Waals surface area contributed by atoms with Crippen molar-refractivity contribution in [2.75, 3.05) is 5.32 Å². The average Bonchev–Trinajstić information content (AvgIpc) is 3.45. The zero-order valence-corrected chi connectivity index (χ0v) is 14.9. The summed E-state index contributed by atoms with van der Waals surface area (Å²) in [6, 6.07) is 10.8. The van der Waals surface area contributed by atoms with E-state index in [9.17, 15) is 17.6 Å². The summed E-state index contributed by atoms with van der Waals surface area (Å²) in [4.78, 5) is 11.7. The van der Waals surface area contributed by atoms with E-state index in [4.69, 9.17) is 0 Å². The van der Waals surface area contributed by atoms with Gasteiger partial charge in [-0.2, -0.15) is 4.31 Å². The molecule has 0 aromatic heterocycles. The van der Waals surface area contributed by atoms with E-state index < -0.39 is 10.0 Å². The zero-order valence-electron chi connectivity index (χ0n) is 14.1. The second-order valence-corrected chi connectivity index (χ2v) is 8.67. The maximum absolute atomic E-state index is 13.2. The predicted octanol–water partition coefficient (Wildman–Crippen LogP) is 3.06. The number of fused-ring (bicyclic) bond motifs is 1. The van der Waals surface area contributed by atoms with Crippen LogP contribution in [0.25, 0.3) is 0 Å². The molecule has 1 heterocycles. The average molecular weight is 374 g/mol. The number of nitrogens with zero attached hydrogens (tertiary/aromatic N) is 1. The van der Waals surface area contributed by atoms with E-state index in [2.05, 4.69) is 5.32 Å². The molecule has 1 saturated carbocycles. The third-order valence-electron chi connectivity index (χ3n) is 4.78. The molecule has 2 aliphatic rings. The molecule has 26 heavy (non-hydrogen) atoms. The van der Waals surface area contributed by atoms with Crippen molar-refractivity contribution < 1.29 is 17.6 Å². The quantitative estimate of drug-likeness (QED) is 0.875. The number of aryl methyl sites for hydroxylation is 1. The molecule has 2 aromatic rings. The molecule has 0 radical (unpaired) electrons. The fraction of sp³-hybridized carbons (Fsp3) is 0.316. The Labute approximate surface area is 151 Å². The van der Waals surface area contributed by atoms with Gasteiger partial charge in [-0.25, -0.2) is 12.8 Å². The van der Waals surface area contributed by atoms with Crippen LogP contribution in [0.1, 0.15) is 30.4 Å². The lowest BCUT2D eigenvalue weighted by Gasteiger charge is -2.24. The monoisotopic (exact) mass is 374 g/mol. The number of hydrogen-bond acceptors (Lipinski definition) is 3. The maximum Gasteiger partial charge on any atom is 0.243 e. The number of amides is 1. The van der Waals surface area contributed by atoms with Gasteiger partial charge in [0.25, 0.3) is 0 Å². The Hall–Kier alpha value is -2.25. The van der Waals surface area contributed by atoms with Gasteiger partial charge in [-0.1, -0.05) is 12.1 Å². The van der Waals surface area contributed by atoms with Crippen molar-refractivity contribution in [2.45, 2.75) is 43.2 Å². The van der Waals surface area contributed by atoms with Gasteiger partial charge in [0.15, 0.2) is 0 Å². The molecule has 0 spiro atoms. The molecular formula is C19H19FN2O3S. The van der Waals surface area contributed by atoms with Gasteiger partial charge in [0.2, 0.25) is 15.9 Å². The lowest BCUT2D eigenvalue weighted by molar-refractivity contribution is -0.116. The molecule has 2 aromatic carbocycles. The lowest BCUT2D eigenvalue weighted by atomic mass is 10.0. The minimum atomic E-state index is -3.67. The van der Waals surface area contributed by atoms with Gasteiger partial charge in [0, 0.05) is 24.7 Å². The SMILES string of the molecule is O=C1CCc2cc(S(=O)(=O)N(Cc3ccc(F)cc3)C3CC3)ccc2N1. The normalized spacial score (nSPS) is 17.1. The Morgan fingerprint density at radius 2 is 1.81 bits per heavy atom. The molecule has 0 unspecified atom stereocenters. The Balaban J connectivity index is 1.65. The summed E-state index contributed by atoms with van der Waals surface area (Å²) in [5.41, 5.74) is 2.27. The van der Waals surface area contributed by atoms with Crippen LogP contribution in [0.5, 0.6) is 0 Å². The molecule has 1 aliphatic heterocycles. The molecule has 0 saturated heterocycles. The summed E-state index contributed by atoms with van der Waals surface area (Å²) in [5, 5.41) is 2.77. The molecular weight excluding hydrogens is 355 g/mol. The van der Waals surface area contributed by atoms with E-state index in [0.29, 0.717) is 18.5 Å². The third kappa shape index (κ3) is 3.37. The highest BCUT2D eigenvalue weighted by Gasteiger charge is 2.38. The second kappa shape index (κ2) is 6.48. The van der Waals surface area contributed by atoms with E-state index >= 15 is 0 Å². The number of halogens is 1. The summed E-state index contributed by atoms with van der Waals surface area (Å²) < 4.78 is 41.0. The van der Waals surface area contributed by atoms with E-state index in [1.807, 2.05) is 0 Å². The Bertz CT molecular complexity index is 953.